The molecule has 0 atom stereocenters. The van der Waals surface area contributed by atoms with Crippen LogP contribution in [0.15, 0.2) is 188 Å². The zero-order valence-electron chi connectivity index (χ0n) is 31.5. The molecule has 0 saturated carbocycles. The summed E-state index contributed by atoms with van der Waals surface area (Å²) in [4.78, 5) is 10.6. The third-order valence-electron chi connectivity index (χ3n) is 11.6. The van der Waals surface area contributed by atoms with Gasteiger partial charge in [-0.1, -0.05) is 103 Å². The lowest BCUT2D eigenvalue weighted by atomic mass is 10.0. The number of hydrogen-bond acceptors (Lipinski definition) is 4. The van der Waals surface area contributed by atoms with Crippen LogP contribution < -0.4 is 0 Å². The van der Waals surface area contributed by atoms with E-state index in [0.717, 1.165) is 76.6 Å². The molecule has 0 amide bonds. The van der Waals surface area contributed by atoms with Crippen molar-refractivity contribution in [1.82, 2.24) is 19.1 Å². The van der Waals surface area contributed by atoms with Crippen LogP contribution in [0.25, 0.3) is 109 Å². The van der Waals surface area contributed by atoms with Gasteiger partial charge in [0.2, 0.25) is 5.95 Å². The van der Waals surface area contributed by atoms with Crippen LogP contribution in [0.2, 0.25) is 0 Å². The van der Waals surface area contributed by atoms with Gasteiger partial charge in [0.15, 0.2) is 0 Å². The summed E-state index contributed by atoms with van der Waals surface area (Å²) in [6.45, 7) is 0. The summed E-state index contributed by atoms with van der Waals surface area (Å²) in [7, 11) is 0. The number of benzene rings is 8. The summed E-state index contributed by atoms with van der Waals surface area (Å²) >= 11 is 1.74. The first-order valence-corrected chi connectivity index (χ1v) is 20.4. The van der Waals surface area contributed by atoms with Crippen molar-refractivity contribution in [1.29, 1.82) is 5.26 Å². The Balaban J connectivity index is 1.04. The molecule has 0 radical (unpaired) electrons. The van der Waals surface area contributed by atoms with Crippen LogP contribution in [-0.4, -0.2) is 19.1 Å². The molecule has 12 rings (SSSR count). The second kappa shape index (κ2) is 13.1. The highest BCUT2D eigenvalue weighted by molar-refractivity contribution is 7.25. The molecule has 59 heavy (non-hydrogen) atoms. The third-order valence-corrected chi connectivity index (χ3v) is 12.7. The minimum atomic E-state index is 0.609. The van der Waals surface area contributed by atoms with Crippen molar-refractivity contribution in [3.8, 4) is 51.3 Å². The Labute approximate surface area is 342 Å². The van der Waals surface area contributed by atoms with E-state index in [9.17, 15) is 5.26 Å². The van der Waals surface area contributed by atoms with E-state index < -0.39 is 0 Å². The molecule has 0 N–H and O–H groups in total. The molecule has 0 spiro atoms. The van der Waals surface area contributed by atoms with Gasteiger partial charge in [-0.15, -0.1) is 11.3 Å². The SMILES string of the molecule is N#Cc1ccc2sc3ccc(-c4cc(-c5ccccc5)nc(-n5c6ccccc6c6cc(-c7ccc8c(c7)c7ccccc7n8-c7ccccc7)ccc65)n4)cc3c2c1. The number of aromatic nitrogens is 4. The van der Waals surface area contributed by atoms with Crippen LogP contribution in [0.4, 0.5) is 0 Å². The van der Waals surface area contributed by atoms with Crippen LogP contribution in [0.5, 0.6) is 0 Å². The van der Waals surface area contributed by atoms with Crippen molar-refractivity contribution < 1.29 is 0 Å². The van der Waals surface area contributed by atoms with Gasteiger partial charge in [-0.3, -0.25) is 4.57 Å². The molecule has 0 aliphatic carbocycles. The standard InChI is InChI=1S/C53H31N5S/c54-32-33-19-25-51-43(27-33)44-30-37(22-26-52(44)59-51)46-31-45(34-11-3-1-4-12-34)55-53(56-46)58-48-18-10-8-16-40(48)42-29-36(21-24-50(42)58)35-20-23-49-41(28-35)39-15-7-9-17-47(39)57(49)38-13-5-2-6-14-38/h1-31H. The first-order chi connectivity index (χ1) is 29.2. The molecule has 4 aromatic heterocycles. The summed E-state index contributed by atoms with van der Waals surface area (Å²) < 4.78 is 6.90. The van der Waals surface area contributed by atoms with Crippen molar-refractivity contribution >= 4 is 75.1 Å². The monoisotopic (exact) mass is 769 g/mol. The zero-order valence-corrected chi connectivity index (χ0v) is 32.4. The molecule has 6 heteroatoms. The molecule has 5 nitrogen and oxygen atoms in total. The maximum atomic E-state index is 9.67. The fraction of sp³-hybridized carbons (Fsp3) is 0. The Hall–Kier alpha value is -7.85. The lowest BCUT2D eigenvalue weighted by Crippen LogP contribution is -2.04. The van der Waals surface area contributed by atoms with E-state index in [1.54, 1.807) is 11.3 Å². The molecule has 0 aliphatic heterocycles. The van der Waals surface area contributed by atoms with Crippen molar-refractivity contribution in [3.05, 3.63) is 194 Å². The molecule has 0 unspecified atom stereocenters. The Morgan fingerprint density at radius 3 is 1.58 bits per heavy atom. The van der Waals surface area contributed by atoms with Gasteiger partial charge in [-0.05, 0) is 96.1 Å². The number of nitriles is 1. The largest absolute Gasteiger partial charge is 0.309 e. The number of hydrogen-bond donors (Lipinski definition) is 0. The number of fused-ring (bicyclic) bond motifs is 9. The molecule has 8 aromatic carbocycles. The topological polar surface area (TPSA) is 59.4 Å². The van der Waals surface area contributed by atoms with Gasteiger partial charge in [0.1, 0.15) is 0 Å². The highest BCUT2D eigenvalue weighted by atomic mass is 32.1. The first kappa shape index (κ1) is 33.3. The normalized spacial score (nSPS) is 11.7. The molecular formula is C53H31N5S. The quantitative estimate of drug-likeness (QED) is 0.175. The Kier molecular flexibility index (Phi) is 7.40. The highest BCUT2D eigenvalue weighted by Crippen LogP contribution is 2.40. The van der Waals surface area contributed by atoms with Crippen molar-refractivity contribution in [2.75, 3.05) is 0 Å². The maximum absolute atomic E-state index is 9.67. The van der Waals surface area contributed by atoms with E-state index >= 15 is 0 Å². The summed E-state index contributed by atoms with van der Waals surface area (Å²) in [6, 6.07) is 68.6. The molecule has 0 aliphatic rings. The fourth-order valence-electron chi connectivity index (χ4n) is 8.82. The van der Waals surface area contributed by atoms with Gasteiger partial charge in [0, 0.05) is 58.5 Å². The van der Waals surface area contributed by atoms with Crippen molar-refractivity contribution in [3.63, 3.8) is 0 Å². The van der Waals surface area contributed by atoms with Crippen LogP contribution >= 0.6 is 11.3 Å². The van der Waals surface area contributed by atoms with Gasteiger partial charge < -0.3 is 4.57 Å². The van der Waals surface area contributed by atoms with E-state index in [1.165, 1.54) is 26.5 Å². The summed E-state index contributed by atoms with van der Waals surface area (Å²) in [6.07, 6.45) is 0. The van der Waals surface area contributed by atoms with E-state index in [4.69, 9.17) is 9.97 Å². The summed E-state index contributed by atoms with van der Waals surface area (Å²) in [5.41, 5.74) is 12.3. The maximum Gasteiger partial charge on any atom is 0.235 e. The van der Waals surface area contributed by atoms with E-state index in [-0.39, 0.29) is 0 Å². The number of para-hydroxylation sites is 3. The van der Waals surface area contributed by atoms with Crippen LogP contribution in [-0.2, 0) is 0 Å². The van der Waals surface area contributed by atoms with E-state index in [1.807, 2.05) is 36.4 Å². The minimum Gasteiger partial charge on any atom is -0.309 e. The highest BCUT2D eigenvalue weighted by Gasteiger charge is 2.19. The smallest absolute Gasteiger partial charge is 0.235 e. The minimum absolute atomic E-state index is 0.609. The second-order valence-electron chi connectivity index (χ2n) is 14.9. The Bertz CT molecular complexity index is 3680. The molecule has 4 heterocycles. The van der Waals surface area contributed by atoms with Gasteiger partial charge in [-0.2, -0.15) is 5.26 Å². The third kappa shape index (κ3) is 5.30. The van der Waals surface area contributed by atoms with E-state index in [0.29, 0.717) is 11.5 Å². The molecule has 0 fully saturated rings. The number of rotatable bonds is 5. The first-order valence-electron chi connectivity index (χ1n) is 19.6. The lowest BCUT2D eigenvalue weighted by molar-refractivity contribution is 0.996. The molecule has 274 valence electrons. The summed E-state index contributed by atoms with van der Waals surface area (Å²) in [5, 5.41) is 16.6. The van der Waals surface area contributed by atoms with Gasteiger partial charge >= 0.3 is 0 Å². The van der Waals surface area contributed by atoms with Crippen LogP contribution in [0, 0.1) is 11.3 Å². The predicted molar refractivity (Wildman–Crippen MR) is 245 cm³/mol. The fourth-order valence-corrected chi connectivity index (χ4v) is 9.89. The Morgan fingerprint density at radius 1 is 0.390 bits per heavy atom. The van der Waals surface area contributed by atoms with Gasteiger partial charge in [0.25, 0.3) is 0 Å². The van der Waals surface area contributed by atoms with Gasteiger partial charge in [-0.25, -0.2) is 9.97 Å². The number of nitrogens with zero attached hydrogens (tertiary/aromatic N) is 5. The number of thiophene rings is 1. The Morgan fingerprint density at radius 2 is 0.898 bits per heavy atom. The molecule has 12 aromatic rings. The van der Waals surface area contributed by atoms with Crippen molar-refractivity contribution in [2.45, 2.75) is 0 Å². The van der Waals surface area contributed by atoms with Crippen LogP contribution in [0.1, 0.15) is 5.56 Å². The average Bonchev–Trinajstić information content (AvgIpc) is 3.96. The average molecular weight is 770 g/mol. The van der Waals surface area contributed by atoms with Crippen molar-refractivity contribution in [2.24, 2.45) is 0 Å². The molecular weight excluding hydrogens is 739 g/mol. The molecule has 0 bridgehead atoms. The van der Waals surface area contributed by atoms with E-state index in [2.05, 4.69) is 167 Å². The van der Waals surface area contributed by atoms with Crippen LogP contribution in [0.3, 0.4) is 0 Å². The summed E-state index contributed by atoms with van der Waals surface area (Å²) in [5.74, 6) is 0.609. The van der Waals surface area contributed by atoms with Gasteiger partial charge in [0.05, 0.1) is 45.1 Å². The molecule has 0 saturated heterocycles. The zero-order chi connectivity index (χ0) is 39.0. The predicted octanol–water partition coefficient (Wildman–Crippen LogP) is 13.9. The second-order valence-corrected chi connectivity index (χ2v) is 16.0. The lowest BCUT2D eigenvalue weighted by Gasteiger charge is -2.12.